The highest BCUT2D eigenvalue weighted by Crippen LogP contribution is 2.20. The Morgan fingerprint density at radius 2 is 1.61 bits per heavy atom. The van der Waals surface area contributed by atoms with E-state index in [1.54, 1.807) is 11.5 Å². The average Bonchev–Trinajstić information content (AvgIpc) is 2.76. The molecule has 1 aromatic carbocycles. The number of hydrogen-bond acceptors (Lipinski definition) is 1. The van der Waals surface area contributed by atoms with Gasteiger partial charge in [-0.15, -0.1) is 3.96 Å². The van der Waals surface area contributed by atoms with Crippen LogP contribution in [0.1, 0.15) is 6.92 Å². The first-order chi connectivity index (χ1) is 8.40. The fraction of sp³-hybridized carbons (Fsp3) is 0.182. The summed E-state index contributed by atoms with van der Waals surface area (Å²) in [6.45, 7) is 3.21. The molecule has 0 aliphatic rings. The molecule has 2 aromatic rings. The minimum Gasteiger partial charge on any atom is -0.418 e. The third kappa shape index (κ3) is 5.81. The first kappa shape index (κ1) is 14.7. The third-order valence-corrected chi connectivity index (χ3v) is 3.16. The summed E-state index contributed by atoms with van der Waals surface area (Å²) in [6.07, 6.45) is 2.13. The van der Waals surface area contributed by atoms with E-state index in [0.29, 0.717) is 0 Å². The minimum atomic E-state index is -6.00. The quantitative estimate of drug-likeness (QED) is 0.443. The number of nitrogens with zero attached hydrogens (tertiary/aromatic N) is 1. The lowest BCUT2D eigenvalue weighted by Crippen LogP contribution is -2.24. The van der Waals surface area contributed by atoms with Gasteiger partial charge < -0.3 is 17.3 Å². The van der Waals surface area contributed by atoms with Crippen molar-refractivity contribution in [2.24, 2.45) is 0 Å². The Kier molecular flexibility index (Phi) is 5.34. The molecule has 0 aliphatic heterocycles. The summed E-state index contributed by atoms with van der Waals surface area (Å²) in [4.78, 5) is 1.34. The van der Waals surface area contributed by atoms with Gasteiger partial charge in [-0.3, -0.25) is 0 Å². The van der Waals surface area contributed by atoms with Crippen LogP contribution in [0.25, 0.3) is 10.4 Å². The number of benzene rings is 1. The lowest BCUT2D eigenvalue weighted by molar-refractivity contribution is -0.625. The number of halogens is 4. The fourth-order valence-corrected chi connectivity index (χ4v) is 2.13. The minimum absolute atomic E-state index is 1.05. The van der Waals surface area contributed by atoms with Crippen LogP contribution in [0.3, 0.4) is 0 Å². The van der Waals surface area contributed by atoms with Crippen LogP contribution >= 0.6 is 11.5 Å². The van der Waals surface area contributed by atoms with Gasteiger partial charge in [0.05, 0.1) is 0 Å². The summed E-state index contributed by atoms with van der Waals surface area (Å²) in [6, 6.07) is 12.7. The Morgan fingerprint density at radius 1 is 1.06 bits per heavy atom. The zero-order valence-electron chi connectivity index (χ0n) is 9.69. The number of rotatable bonds is 2. The summed E-state index contributed by atoms with van der Waals surface area (Å²) in [5.41, 5.74) is 1.31. The Bertz CT molecular complexity index is 463. The highest BCUT2D eigenvalue weighted by atomic mass is 32.1. The molecular formula is C11H12BF4NS. The summed E-state index contributed by atoms with van der Waals surface area (Å²) in [7, 11) is -6.00. The summed E-state index contributed by atoms with van der Waals surface area (Å²) < 4.78 is 41.2. The van der Waals surface area contributed by atoms with Crippen molar-refractivity contribution < 1.29 is 21.2 Å². The SMILES string of the molecule is CC[n+]1ccc(-c2ccccc2)s1.F[B-](F)(F)F. The van der Waals surface area contributed by atoms with E-state index in [1.165, 1.54) is 10.4 Å². The molecule has 18 heavy (non-hydrogen) atoms. The molecule has 0 saturated carbocycles. The van der Waals surface area contributed by atoms with Gasteiger partial charge in [-0.2, -0.15) is 0 Å². The van der Waals surface area contributed by atoms with Gasteiger partial charge in [0, 0.05) is 6.07 Å². The summed E-state index contributed by atoms with van der Waals surface area (Å²) in [5, 5.41) is 0. The van der Waals surface area contributed by atoms with Crippen molar-refractivity contribution in [3.8, 4) is 10.4 Å². The van der Waals surface area contributed by atoms with E-state index in [2.05, 4.69) is 47.4 Å². The van der Waals surface area contributed by atoms with Gasteiger partial charge in [0.1, 0.15) is 16.4 Å². The van der Waals surface area contributed by atoms with Crippen LogP contribution < -0.4 is 3.96 Å². The van der Waals surface area contributed by atoms with Crippen LogP contribution in [0.4, 0.5) is 17.3 Å². The van der Waals surface area contributed by atoms with Crippen LogP contribution in [0.2, 0.25) is 0 Å². The largest absolute Gasteiger partial charge is 0.673 e. The Hall–Kier alpha value is -1.37. The number of aromatic nitrogens is 1. The van der Waals surface area contributed by atoms with E-state index in [4.69, 9.17) is 0 Å². The highest BCUT2D eigenvalue weighted by molar-refractivity contribution is 7.05. The standard InChI is InChI=1S/C11H12NS.BF4/c1-2-12-9-8-11(13-12)10-6-4-3-5-7-10;2-1(3,4)5/h3-9H,2H2,1H3;/q+1;-1. The molecule has 0 fully saturated rings. The average molecular weight is 277 g/mol. The molecule has 7 heteroatoms. The van der Waals surface area contributed by atoms with Crippen molar-refractivity contribution >= 4 is 18.8 Å². The van der Waals surface area contributed by atoms with Crippen LogP contribution in [-0.4, -0.2) is 7.25 Å². The molecule has 0 saturated heterocycles. The molecule has 0 radical (unpaired) electrons. The maximum atomic E-state index is 9.75. The third-order valence-electron chi connectivity index (χ3n) is 1.98. The van der Waals surface area contributed by atoms with Gasteiger partial charge in [-0.05, 0) is 12.5 Å². The summed E-state index contributed by atoms with van der Waals surface area (Å²) in [5.74, 6) is 0. The molecule has 0 atom stereocenters. The molecule has 1 nitrogen and oxygen atoms in total. The van der Waals surface area contributed by atoms with Crippen molar-refractivity contribution in [3.63, 3.8) is 0 Å². The second-order valence-electron chi connectivity index (χ2n) is 3.37. The van der Waals surface area contributed by atoms with Crippen LogP contribution in [0, 0.1) is 0 Å². The van der Waals surface area contributed by atoms with Crippen LogP contribution in [-0.2, 0) is 6.54 Å². The molecular weight excluding hydrogens is 265 g/mol. The van der Waals surface area contributed by atoms with E-state index in [9.17, 15) is 17.3 Å². The molecule has 0 aliphatic carbocycles. The Labute approximate surface area is 107 Å². The van der Waals surface area contributed by atoms with Gasteiger partial charge in [0.25, 0.3) is 0 Å². The van der Waals surface area contributed by atoms with Gasteiger partial charge >= 0.3 is 7.25 Å². The van der Waals surface area contributed by atoms with Crippen molar-refractivity contribution in [2.75, 3.05) is 0 Å². The zero-order valence-corrected chi connectivity index (χ0v) is 10.5. The Morgan fingerprint density at radius 3 is 2.06 bits per heavy atom. The first-order valence-electron chi connectivity index (χ1n) is 5.32. The Balaban J connectivity index is 0.000000280. The lowest BCUT2D eigenvalue weighted by Gasteiger charge is -1.94. The van der Waals surface area contributed by atoms with Gasteiger partial charge in [0.15, 0.2) is 12.7 Å². The van der Waals surface area contributed by atoms with E-state index < -0.39 is 7.25 Å². The van der Waals surface area contributed by atoms with Crippen LogP contribution in [0.15, 0.2) is 42.6 Å². The maximum absolute atomic E-state index is 9.75. The second kappa shape index (κ2) is 6.54. The molecule has 0 amide bonds. The van der Waals surface area contributed by atoms with E-state index >= 15 is 0 Å². The molecule has 0 N–H and O–H groups in total. The molecule has 98 valence electrons. The fourth-order valence-electron chi connectivity index (χ4n) is 1.26. The molecule has 1 heterocycles. The van der Waals surface area contributed by atoms with Crippen molar-refractivity contribution in [1.29, 1.82) is 0 Å². The second-order valence-corrected chi connectivity index (χ2v) is 4.46. The molecule has 0 bridgehead atoms. The van der Waals surface area contributed by atoms with Gasteiger partial charge in [0.2, 0.25) is 0 Å². The monoisotopic (exact) mass is 277 g/mol. The predicted octanol–water partition coefficient (Wildman–Crippen LogP) is 4.02. The number of hydrogen-bond donors (Lipinski definition) is 0. The normalized spacial score (nSPS) is 10.7. The smallest absolute Gasteiger partial charge is 0.418 e. The topological polar surface area (TPSA) is 3.88 Å². The maximum Gasteiger partial charge on any atom is 0.673 e. The lowest BCUT2D eigenvalue weighted by atomic mass is 10.2. The molecule has 0 spiro atoms. The van der Waals surface area contributed by atoms with Gasteiger partial charge in [-0.1, -0.05) is 30.3 Å². The highest BCUT2D eigenvalue weighted by Gasteiger charge is 2.20. The van der Waals surface area contributed by atoms with Crippen molar-refractivity contribution in [1.82, 2.24) is 0 Å². The van der Waals surface area contributed by atoms with E-state index in [1.807, 2.05) is 6.07 Å². The molecule has 1 aromatic heterocycles. The van der Waals surface area contributed by atoms with E-state index in [-0.39, 0.29) is 0 Å². The first-order valence-corrected chi connectivity index (χ1v) is 6.10. The zero-order chi connectivity index (χ0) is 13.6. The predicted molar refractivity (Wildman–Crippen MR) is 65.8 cm³/mol. The number of aryl methyl sites for hydroxylation is 1. The van der Waals surface area contributed by atoms with E-state index in [0.717, 1.165) is 6.54 Å². The molecule has 2 rings (SSSR count). The molecule has 0 unspecified atom stereocenters. The summed E-state index contributed by atoms with van der Waals surface area (Å²) >= 11 is 1.80. The van der Waals surface area contributed by atoms with Crippen molar-refractivity contribution in [3.05, 3.63) is 42.6 Å². The van der Waals surface area contributed by atoms with Crippen LogP contribution in [0.5, 0.6) is 0 Å². The van der Waals surface area contributed by atoms with Crippen molar-refractivity contribution in [2.45, 2.75) is 13.5 Å². The van der Waals surface area contributed by atoms with Gasteiger partial charge in [-0.25, -0.2) is 0 Å².